The van der Waals surface area contributed by atoms with Gasteiger partial charge >= 0.3 is 0 Å². The zero-order chi connectivity index (χ0) is 9.68. The molecule has 1 heterocycles. The average molecular weight is 180 g/mol. The largest absolute Gasteiger partial charge is 0.299 e. The fourth-order valence-corrected chi connectivity index (χ4v) is 2.10. The number of likely N-dealkylation sites (tertiary alicyclic amines) is 1. The van der Waals surface area contributed by atoms with Crippen LogP contribution in [0.15, 0.2) is 0 Å². The van der Waals surface area contributed by atoms with Crippen LogP contribution in [0.2, 0.25) is 0 Å². The Hall–Kier alpha value is -0.550. The number of hydrogen-bond donors (Lipinski definition) is 0. The summed E-state index contributed by atoms with van der Waals surface area (Å²) >= 11 is 0. The van der Waals surface area contributed by atoms with E-state index in [9.17, 15) is 0 Å². The van der Waals surface area contributed by atoms with Gasteiger partial charge in [-0.1, -0.05) is 13.3 Å². The molecule has 1 fully saturated rings. The first-order chi connectivity index (χ1) is 6.27. The Labute approximate surface area is 81.5 Å². The van der Waals surface area contributed by atoms with Gasteiger partial charge < -0.3 is 0 Å². The molecule has 0 bridgehead atoms. The second kappa shape index (κ2) is 5.24. The Morgan fingerprint density at radius 2 is 2.23 bits per heavy atom. The number of nitrogens with zero attached hydrogens (tertiary/aromatic N) is 2. The first-order valence-corrected chi connectivity index (χ1v) is 5.39. The Morgan fingerprint density at radius 3 is 2.85 bits per heavy atom. The minimum atomic E-state index is 0.681. The van der Waals surface area contributed by atoms with Gasteiger partial charge in [0.1, 0.15) is 0 Å². The second-order valence-electron chi connectivity index (χ2n) is 4.10. The fourth-order valence-electron chi connectivity index (χ4n) is 2.10. The van der Waals surface area contributed by atoms with Crippen LogP contribution >= 0.6 is 0 Å². The van der Waals surface area contributed by atoms with Crippen LogP contribution in [0.5, 0.6) is 0 Å². The smallest absolute Gasteiger partial charge is 0.0635 e. The molecule has 1 aliphatic heterocycles. The molecule has 2 nitrogen and oxygen atoms in total. The van der Waals surface area contributed by atoms with Gasteiger partial charge in [0.05, 0.1) is 6.07 Å². The van der Waals surface area contributed by atoms with Crippen molar-refractivity contribution in [2.75, 3.05) is 13.1 Å². The lowest BCUT2D eigenvalue weighted by Crippen LogP contribution is -2.41. The maximum atomic E-state index is 8.53. The third-order valence-corrected chi connectivity index (χ3v) is 3.20. The number of rotatable bonds is 3. The van der Waals surface area contributed by atoms with Crippen LogP contribution in [0.25, 0.3) is 0 Å². The summed E-state index contributed by atoms with van der Waals surface area (Å²) in [5, 5.41) is 8.53. The summed E-state index contributed by atoms with van der Waals surface area (Å²) in [4.78, 5) is 2.47. The molecule has 0 spiro atoms. The molecular weight excluding hydrogens is 160 g/mol. The predicted octanol–water partition coefficient (Wildman–Crippen LogP) is 2.41. The molecule has 0 saturated carbocycles. The van der Waals surface area contributed by atoms with Gasteiger partial charge in [0, 0.05) is 25.6 Å². The van der Waals surface area contributed by atoms with Gasteiger partial charge in [-0.3, -0.25) is 4.90 Å². The van der Waals surface area contributed by atoms with Crippen molar-refractivity contribution in [3.05, 3.63) is 0 Å². The molecule has 0 aromatic heterocycles. The van der Waals surface area contributed by atoms with E-state index in [0.29, 0.717) is 12.5 Å². The molecule has 2 heteroatoms. The molecule has 0 N–H and O–H groups in total. The summed E-state index contributed by atoms with van der Waals surface area (Å²) in [5.74, 6) is 0.870. The van der Waals surface area contributed by atoms with E-state index in [0.717, 1.165) is 12.5 Å². The summed E-state index contributed by atoms with van der Waals surface area (Å²) < 4.78 is 0. The molecule has 1 saturated heterocycles. The van der Waals surface area contributed by atoms with Crippen molar-refractivity contribution in [1.82, 2.24) is 4.90 Å². The monoisotopic (exact) mass is 180 g/mol. The van der Waals surface area contributed by atoms with Crippen molar-refractivity contribution in [2.24, 2.45) is 5.92 Å². The van der Waals surface area contributed by atoms with Crippen molar-refractivity contribution >= 4 is 0 Å². The molecule has 2 atom stereocenters. The van der Waals surface area contributed by atoms with Gasteiger partial charge in [-0.25, -0.2) is 0 Å². The zero-order valence-corrected chi connectivity index (χ0v) is 8.79. The van der Waals surface area contributed by atoms with Crippen molar-refractivity contribution in [3.63, 3.8) is 0 Å². The summed E-state index contributed by atoms with van der Waals surface area (Å²) in [6.07, 6.45) is 4.65. The van der Waals surface area contributed by atoms with Gasteiger partial charge in [0.2, 0.25) is 0 Å². The quantitative estimate of drug-likeness (QED) is 0.667. The molecule has 74 valence electrons. The highest BCUT2D eigenvalue weighted by Gasteiger charge is 2.23. The molecular formula is C11H20N2. The van der Waals surface area contributed by atoms with Crippen LogP contribution in [-0.2, 0) is 0 Å². The third kappa shape index (κ3) is 3.00. The first kappa shape index (κ1) is 10.5. The molecule has 13 heavy (non-hydrogen) atoms. The van der Waals surface area contributed by atoms with Crippen molar-refractivity contribution < 1.29 is 0 Å². The lowest BCUT2D eigenvalue weighted by molar-refractivity contribution is 0.118. The maximum Gasteiger partial charge on any atom is 0.0635 e. The summed E-state index contributed by atoms with van der Waals surface area (Å²) in [6.45, 7) is 6.72. The highest BCUT2D eigenvalue weighted by molar-refractivity contribution is 4.81. The average Bonchev–Trinajstić information content (AvgIpc) is 2.17. The van der Waals surface area contributed by atoms with Gasteiger partial charge in [0.15, 0.2) is 0 Å². The Balaban J connectivity index is 2.36. The molecule has 0 unspecified atom stereocenters. The summed E-state index contributed by atoms with van der Waals surface area (Å²) in [7, 11) is 0. The molecule has 1 aliphatic rings. The fraction of sp³-hybridized carbons (Fsp3) is 0.909. The maximum absolute atomic E-state index is 8.53. The molecule has 0 radical (unpaired) electrons. The molecule has 0 amide bonds. The topological polar surface area (TPSA) is 27.0 Å². The molecule has 1 rings (SSSR count). The number of hydrogen-bond acceptors (Lipinski definition) is 2. The molecule has 0 aliphatic carbocycles. The highest BCUT2D eigenvalue weighted by Crippen LogP contribution is 2.23. The van der Waals surface area contributed by atoms with E-state index in [4.69, 9.17) is 5.26 Å². The first-order valence-electron chi connectivity index (χ1n) is 5.39. The zero-order valence-electron chi connectivity index (χ0n) is 8.79. The van der Waals surface area contributed by atoms with Crippen LogP contribution in [0.1, 0.15) is 39.5 Å². The van der Waals surface area contributed by atoms with Crippen molar-refractivity contribution in [2.45, 2.75) is 45.6 Å². The second-order valence-corrected chi connectivity index (χ2v) is 4.10. The van der Waals surface area contributed by atoms with Gasteiger partial charge in [-0.2, -0.15) is 5.26 Å². The van der Waals surface area contributed by atoms with E-state index in [1.165, 1.54) is 25.8 Å². The number of piperidine rings is 1. The van der Waals surface area contributed by atoms with E-state index in [1.807, 2.05) is 0 Å². The van der Waals surface area contributed by atoms with Gasteiger partial charge in [-0.15, -0.1) is 0 Å². The summed E-state index contributed by atoms with van der Waals surface area (Å²) in [6, 6.07) is 2.92. The summed E-state index contributed by atoms with van der Waals surface area (Å²) in [5.41, 5.74) is 0. The predicted molar refractivity (Wildman–Crippen MR) is 54.3 cm³/mol. The molecule has 0 aromatic carbocycles. The number of nitriles is 1. The van der Waals surface area contributed by atoms with Gasteiger partial charge in [0.25, 0.3) is 0 Å². The van der Waals surface area contributed by atoms with Crippen LogP contribution < -0.4 is 0 Å². The van der Waals surface area contributed by atoms with Crippen molar-refractivity contribution in [3.8, 4) is 6.07 Å². The lowest BCUT2D eigenvalue weighted by atomic mass is 9.91. The van der Waals surface area contributed by atoms with Crippen LogP contribution in [0.3, 0.4) is 0 Å². The highest BCUT2D eigenvalue weighted by atomic mass is 15.2. The van der Waals surface area contributed by atoms with E-state index in [1.54, 1.807) is 0 Å². The van der Waals surface area contributed by atoms with E-state index in [-0.39, 0.29) is 0 Å². The van der Waals surface area contributed by atoms with Gasteiger partial charge in [-0.05, 0) is 25.7 Å². The Kier molecular flexibility index (Phi) is 4.24. The lowest BCUT2D eigenvalue weighted by Gasteiger charge is -2.37. The van der Waals surface area contributed by atoms with E-state index in [2.05, 4.69) is 24.8 Å². The van der Waals surface area contributed by atoms with Crippen molar-refractivity contribution in [1.29, 1.82) is 5.26 Å². The van der Waals surface area contributed by atoms with E-state index >= 15 is 0 Å². The Morgan fingerprint density at radius 1 is 1.46 bits per heavy atom. The van der Waals surface area contributed by atoms with Crippen LogP contribution in [0.4, 0.5) is 0 Å². The SMILES string of the molecule is CC[C@@H]1CC[C@H](C)N(CCC#N)C1. The minimum Gasteiger partial charge on any atom is -0.299 e. The normalized spacial score (nSPS) is 29.9. The third-order valence-electron chi connectivity index (χ3n) is 3.20. The van der Waals surface area contributed by atoms with Crippen LogP contribution in [0, 0.1) is 17.2 Å². The van der Waals surface area contributed by atoms with Crippen LogP contribution in [-0.4, -0.2) is 24.0 Å². The standard InChI is InChI=1S/C11H20N2/c1-3-11-6-5-10(2)13(9-11)8-4-7-12/h10-11H,3-6,8-9H2,1-2H3/t10-,11+/m0/s1. The van der Waals surface area contributed by atoms with E-state index < -0.39 is 0 Å². The molecule has 0 aromatic rings. The minimum absolute atomic E-state index is 0.681. The Bertz CT molecular complexity index is 183.